The van der Waals surface area contributed by atoms with Crippen LogP contribution in [0.3, 0.4) is 0 Å². The van der Waals surface area contributed by atoms with E-state index in [-0.39, 0.29) is 0 Å². The smallest absolute Gasteiger partial charge is 0.238 e. The summed E-state index contributed by atoms with van der Waals surface area (Å²) in [5.41, 5.74) is 12.2. The Morgan fingerprint density at radius 3 is 1.55 bits per heavy atom. The van der Waals surface area contributed by atoms with E-state index in [1.807, 2.05) is 12.1 Å². The first-order chi connectivity index (χ1) is 27.8. The van der Waals surface area contributed by atoms with Crippen molar-refractivity contribution in [3.05, 3.63) is 194 Å². The van der Waals surface area contributed by atoms with Gasteiger partial charge in [-0.15, -0.1) is 0 Å². The summed E-state index contributed by atoms with van der Waals surface area (Å²) in [6.07, 6.45) is 0. The van der Waals surface area contributed by atoms with E-state index >= 15 is 0 Å². The summed E-state index contributed by atoms with van der Waals surface area (Å²) in [6, 6.07) is 67.3. The largest absolute Gasteiger partial charge is 0.455 e. The third-order valence-corrected chi connectivity index (χ3v) is 10.7. The molecule has 0 bridgehead atoms. The van der Waals surface area contributed by atoms with Gasteiger partial charge in [-0.25, -0.2) is 4.98 Å². The number of benzene rings is 8. The van der Waals surface area contributed by atoms with Crippen molar-refractivity contribution in [2.45, 2.75) is 0 Å². The molecule has 11 rings (SSSR count). The molecule has 5 heteroatoms. The van der Waals surface area contributed by atoms with Crippen LogP contribution in [0, 0.1) is 0 Å². The fourth-order valence-electron chi connectivity index (χ4n) is 8.09. The normalized spacial score (nSPS) is 11.6. The molecular formula is C51H32N4O. The van der Waals surface area contributed by atoms with Crippen LogP contribution >= 0.6 is 0 Å². The van der Waals surface area contributed by atoms with Crippen molar-refractivity contribution < 1.29 is 4.42 Å². The molecule has 0 saturated carbocycles. The minimum Gasteiger partial charge on any atom is -0.455 e. The van der Waals surface area contributed by atoms with Crippen molar-refractivity contribution >= 4 is 43.7 Å². The highest BCUT2D eigenvalue weighted by molar-refractivity contribution is 6.15. The Morgan fingerprint density at radius 1 is 0.357 bits per heavy atom. The third kappa shape index (κ3) is 5.29. The van der Waals surface area contributed by atoms with Gasteiger partial charge in [-0.05, 0) is 58.1 Å². The summed E-state index contributed by atoms with van der Waals surface area (Å²) in [7, 11) is 0. The molecule has 0 aliphatic heterocycles. The van der Waals surface area contributed by atoms with Gasteiger partial charge in [0.2, 0.25) is 5.95 Å². The summed E-state index contributed by atoms with van der Waals surface area (Å²) in [4.78, 5) is 15.7. The van der Waals surface area contributed by atoms with E-state index in [4.69, 9.17) is 19.4 Å². The maximum Gasteiger partial charge on any atom is 0.238 e. The molecule has 3 heterocycles. The standard InChI is InChI=1S/C51H32N4O/c1-3-15-33(16-4-1)35-19-11-21-37(31-35)49-52-50(54-51(53-49)55-44-28-9-7-23-41(44)42-24-8-10-29-45(42)55)38-22-12-20-36(32-38)39-25-14-30-46-47(39)43-27-13-26-40(48(43)56-46)34-17-5-2-6-18-34/h1-32H. The van der Waals surface area contributed by atoms with E-state index in [0.29, 0.717) is 17.6 Å². The van der Waals surface area contributed by atoms with Crippen molar-refractivity contribution in [1.29, 1.82) is 0 Å². The molecule has 5 nitrogen and oxygen atoms in total. The highest BCUT2D eigenvalue weighted by atomic mass is 16.3. The van der Waals surface area contributed by atoms with Crippen LogP contribution in [0.25, 0.3) is 106 Å². The molecule has 0 amide bonds. The lowest BCUT2D eigenvalue weighted by molar-refractivity contribution is 0.670. The first-order valence-electron chi connectivity index (χ1n) is 18.8. The second-order valence-corrected chi connectivity index (χ2v) is 14.0. The molecule has 0 N–H and O–H groups in total. The van der Waals surface area contributed by atoms with Crippen LogP contribution in [0.1, 0.15) is 0 Å². The van der Waals surface area contributed by atoms with Crippen LogP contribution < -0.4 is 0 Å². The summed E-state index contributed by atoms with van der Waals surface area (Å²) >= 11 is 0. The number of furan rings is 1. The molecular weight excluding hydrogens is 685 g/mol. The topological polar surface area (TPSA) is 56.7 Å². The highest BCUT2D eigenvalue weighted by Gasteiger charge is 2.20. The lowest BCUT2D eigenvalue weighted by atomic mass is 9.96. The predicted octanol–water partition coefficient (Wildman–Crippen LogP) is 13.2. The van der Waals surface area contributed by atoms with Gasteiger partial charge < -0.3 is 4.42 Å². The van der Waals surface area contributed by atoms with Gasteiger partial charge in [0, 0.05) is 38.2 Å². The Labute approximate surface area is 322 Å². The fraction of sp³-hybridized carbons (Fsp3) is 0. The van der Waals surface area contributed by atoms with E-state index in [9.17, 15) is 0 Å². The van der Waals surface area contributed by atoms with Crippen LogP contribution in [0.2, 0.25) is 0 Å². The predicted molar refractivity (Wildman–Crippen MR) is 229 cm³/mol. The van der Waals surface area contributed by atoms with E-state index in [1.54, 1.807) is 0 Å². The average molecular weight is 717 g/mol. The van der Waals surface area contributed by atoms with E-state index in [2.05, 4.69) is 187 Å². The van der Waals surface area contributed by atoms with E-state index < -0.39 is 0 Å². The van der Waals surface area contributed by atoms with Gasteiger partial charge in [-0.2, -0.15) is 9.97 Å². The monoisotopic (exact) mass is 716 g/mol. The Bertz CT molecular complexity index is 3200. The molecule has 0 saturated heterocycles. The number of hydrogen-bond donors (Lipinski definition) is 0. The first-order valence-corrected chi connectivity index (χ1v) is 18.8. The molecule has 0 unspecified atom stereocenters. The third-order valence-electron chi connectivity index (χ3n) is 10.7. The molecule has 0 aliphatic rings. The maximum atomic E-state index is 6.61. The Hall–Kier alpha value is -7.63. The molecule has 262 valence electrons. The zero-order valence-corrected chi connectivity index (χ0v) is 30.2. The summed E-state index contributed by atoms with van der Waals surface area (Å²) < 4.78 is 8.77. The summed E-state index contributed by atoms with van der Waals surface area (Å²) in [5.74, 6) is 1.76. The SMILES string of the molecule is c1ccc(-c2cccc(-c3nc(-c4cccc(-c5cccc6oc7c(-c8ccccc8)cccc7c56)c4)nc(-n4c5ccccc5c5ccccc54)n3)c2)cc1. The minimum absolute atomic E-state index is 0.564. The molecule has 3 aromatic heterocycles. The first kappa shape index (κ1) is 31.9. The Morgan fingerprint density at radius 2 is 0.857 bits per heavy atom. The van der Waals surface area contributed by atoms with Gasteiger partial charge in [0.05, 0.1) is 11.0 Å². The second kappa shape index (κ2) is 13.0. The van der Waals surface area contributed by atoms with Crippen molar-refractivity contribution in [3.63, 3.8) is 0 Å². The lowest BCUT2D eigenvalue weighted by Crippen LogP contribution is -2.06. The van der Waals surface area contributed by atoms with Crippen LogP contribution in [-0.2, 0) is 0 Å². The fourth-order valence-corrected chi connectivity index (χ4v) is 8.09. The number of nitrogens with zero attached hydrogens (tertiary/aromatic N) is 4. The summed E-state index contributed by atoms with van der Waals surface area (Å²) in [6.45, 7) is 0. The number of rotatable bonds is 6. The summed E-state index contributed by atoms with van der Waals surface area (Å²) in [5, 5.41) is 4.46. The number of fused-ring (bicyclic) bond motifs is 6. The number of para-hydroxylation sites is 3. The zero-order valence-electron chi connectivity index (χ0n) is 30.2. The Balaban J connectivity index is 1.11. The molecule has 8 aromatic carbocycles. The van der Waals surface area contributed by atoms with Crippen molar-refractivity contribution in [2.24, 2.45) is 0 Å². The molecule has 0 atom stereocenters. The molecule has 0 aliphatic carbocycles. The quantitative estimate of drug-likeness (QED) is 0.172. The van der Waals surface area contributed by atoms with Gasteiger partial charge in [-0.1, -0.05) is 164 Å². The average Bonchev–Trinajstić information content (AvgIpc) is 3.83. The van der Waals surface area contributed by atoms with Gasteiger partial charge in [0.1, 0.15) is 11.2 Å². The minimum atomic E-state index is 0.564. The van der Waals surface area contributed by atoms with Crippen molar-refractivity contribution in [3.8, 4) is 62.1 Å². The van der Waals surface area contributed by atoms with Crippen LogP contribution in [-0.4, -0.2) is 19.5 Å². The maximum absolute atomic E-state index is 6.61. The van der Waals surface area contributed by atoms with Gasteiger partial charge in [0.25, 0.3) is 0 Å². The number of aromatic nitrogens is 4. The van der Waals surface area contributed by atoms with Crippen LogP contribution in [0.4, 0.5) is 0 Å². The van der Waals surface area contributed by atoms with E-state index in [1.165, 1.54) is 0 Å². The molecule has 0 fully saturated rings. The van der Waals surface area contributed by atoms with Gasteiger partial charge in [0.15, 0.2) is 11.6 Å². The zero-order chi connectivity index (χ0) is 37.0. The van der Waals surface area contributed by atoms with Crippen molar-refractivity contribution in [2.75, 3.05) is 0 Å². The second-order valence-electron chi connectivity index (χ2n) is 14.0. The van der Waals surface area contributed by atoms with E-state index in [0.717, 1.165) is 88.3 Å². The molecule has 0 spiro atoms. The van der Waals surface area contributed by atoms with Gasteiger partial charge >= 0.3 is 0 Å². The number of hydrogen-bond acceptors (Lipinski definition) is 4. The van der Waals surface area contributed by atoms with Crippen LogP contribution in [0.5, 0.6) is 0 Å². The van der Waals surface area contributed by atoms with Crippen LogP contribution in [0.15, 0.2) is 199 Å². The molecule has 56 heavy (non-hydrogen) atoms. The highest BCUT2D eigenvalue weighted by Crippen LogP contribution is 2.41. The van der Waals surface area contributed by atoms with Crippen molar-refractivity contribution in [1.82, 2.24) is 19.5 Å². The van der Waals surface area contributed by atoms with Gasteiger partial charge in [-0.3, -0.25) is 4.57 Å². The molecule has 0 radical (unpaired) electrons. The lowest BCUT2D eigenvalue weighted by Gasteiger charge is -2.12. The molecule has 11 aromatic rings. The Kier molecular flexibility index (Phi) is 7.42.